The second-order valence-corrected chi connectivity index (χ2v) is 9.44. The Morgan fingerprint density at radius 3 is 2.22 bits per heavy atom. The Morgan fingerprint density at radius 2 is 1.53 bits per heavy atom. The molecule has 1 aromatic heterocycles. The number of carbonyl (C=O) groups is 1. The van der Waals surface area contributed by atoms with Crippen LogP contribution in [0.1, 0.15) is 0 Å². The topological polar surface area (TPSA) is 92.3 Å². The van der Waals surface area contributed by atoms with E-state index >= 15 is 0 Å². The minimum absolute atomic E-state index is 0.0571. The molecule has 162 valence electrons. The third kappa shape index (κ3) is 4.66. The molecule has 1 N–H and O–H groups in total. The summed E-state index contributed by atoms with van der Waals surface area (Å²) in [7, 11) is -4.20. The van der Waals surface area contributed by atoms with E-state index in [-0.39, 0.29) is 15.7 Å². The Hall–Kier alpha value is -3.63. The molecule has 0 fully saturated rings. The SMILES string of the molecule is O=C(CN(c1ccccc1F)S(=O)(=O)c1ccccc1)Nc1nnc(-c2ccccc2)s1. The molecule has 1 heterocycles. The first-order valence-electron chi connectivity index (χ1n) is 9.46. The quantitative estimate of drug-likeness (QED) is 0.439. The van der Waals surface area contributed by atoms with E-state index in [1.54, 1.807) is 18.2 Å². The molecule has 0 saturated carbocycles. The zero-order chi connectivity index (χ0) is 22.6. The van der Waals surface area contributed by atoms with Crippen LogP contribution in [0.25, 0.3) is 10.6 Å². The lowest BCUT2D eigenvalue weighted by molar-refractivity contribution is -0.114. The van der Waals surface area contributed by atoms with Gasteiger partial charge in [-0.25, -0.2) is 12.8 Å². The molecule has 1 amide bonds. The van der Waals surface area contributed by atoms with Crippen molar-refractivity contribution in [3.05, 3.63) is 90.7 Å². The van der Waals surface area contributed by atoms with Crippen LogP contribution in [0.15, 0.2) is 89.8 Å². The number of para-hydroxylation sites is 1. The number of anilines is 2. The van der Waals surface area contributed by atoms with Gasteiger partial charge in [0.15, 0.2) is 0 Å². The van der Waals surface area contributed by atoms with E-state index in [2.05, 4.69) is 15.5 Å². The summed E-state index contributed by atoms with van der Waals surface area (Å²) in [6.07, 6.45) is 0. The van der Waals surface area contributed by atoms with Crippen LogP contribution in [0.5, 0.6) is 0 Å². The van der Waals surface area contributed by atoms with Gasteiger partial charge in [0.2, 0.25) is 11.0 Å². The Morgan fingerprint density at radius 1 is 0.906 bits per heavy atom. The number of sulfonamides is 1. The summed E-state index contributed by atoms with van der Waals surface area (Å²) >= 11 is 1.15. The number of hydrogen-bond donors (Lipinski definition) is 1. The van der Waals surface area contributed by atoms with Gasteiger partial charge >= 0.3 is 0 Å². The first-order chi connectivity index (χ1) is 15.4. The van der Waals surface area contributed by atoms with Gasteiger partial charge in [0.25, 0.3) is 10.0 Å². The van der Waals surface area contributed by atoms with Gasteiger partial charge in [0, 0.05) is 5.56 Å². The third-order valence-electron chi connectivity index (χ3n) is 4.43. The van der Waals surface area contributed by atoms with E-state index in [0.717, 1.165) is 27.3 Å². The highest BCUT2D eigenvalue weighted by Crippen LogP contribution is 2.28. The van der Waals surface area contributed by atoms with Gasteiger partial charge in [-0.05, 0) is 24.3 Å². The summed E-state index contributed by atoms with van der Waals surface area (Å²) in [6, 6.07) is 22.2. The van der Waals surface area contributed by atoms with Crippen molar-refractivity contribution in [2.45, 2.75) is 4.90 Å². The van der Waals surface area contributed by atoms with Crippen LogP contribution in [-0.4, -0.2) is 31.1 Å². The molecule has 0 aliphatic carbocycles. The summed E-state index contributed by atoms with van der Waals surface area (Å²) in [5, 5.41) is 11.4. The Bertz CT molecular complexity index is 1330. The minimum Gasteiger partial charge on any atom is -0.299 e. The van der Waals surface area contributed by atoms with Crippen LogP contribution in [0.2, 0.25) is 0 Å². The molecule has 4 aromatic rings. The maximum absolute atomic E-state index is 14.5. The number of halogens is 1. The number of rotatable bonds is 7. The predicted molar refractivity (Wildman–Crippen MR) is 121 cm³/mol. The summed E-state index contributed by atoms with van der Waals surface area (Å²) in [4.78, 5) is 12.7. The van der Waals surface area contributed by atoms with Gasteiger partial charge in [-0.3, -0.25) is 14.4 Å². The highest BCUT2D eigenvalue weighted by atomic mass is 32.2. The number of nitrogens with zero attached hydrogens (tertiary/aromatic N) is 3. The fraction of sp³-hybridized carbons (Fsp3) is 0.0455. The molecule has 4 rings (SSSR count). The lowest BCUT2D eigenvalue weighted by Crippen LogP contribution is -2.38. The Kier molecular flexibility index (Phi) is 6.24. The molecule has 0 spiro atoms. The van der Waals surface area contributed by atoms with Gasteiger partial charge in [-0.1, -0.05) is 72.0 Å². The highest BCUT2D eigenvalue weighted by Gasteiger charge is 2.29. The predicted octanol–water partition coefficient (Wildman–Crippen LogP) is 4.18. The van der Waals surface area contributed by atoms with Crippen LogP contribution in [0.3, 0.4) is 0 Å². The van der Waals surface area contributed by atoms with E-state index in [9.17, 15) is 17.6 Å². The monoisotopic (exact) mass is 468 g/mol. The van der Waals surface area contributed by atoms with Crippen LogP contribution < -0.4 is 9.62 Å². The zero-order valence-electron chi connectivity index (χ0n) is 16.6. The second-order valence-electron chi connectivity index (χ2n) is 6.60. The number of carbonyl (C=O) groups excluding carboxylic acids is 1. The Balaban J connectivity index is 1.60. The van der Waals surface area contributed by atoms with Crippen molar-refractivity contribution in [3.8, 4) is 10.6 Å². The molecule has 3 aromatic carbocycles. The largest absolute Gasteiger partial charge is 0.299 e. The van der Waals surface area contributed by atoms with E-state index in [1.165, 1.54) is 30.3 Å². The van der Waals surface area contributed by atoms with Crippen LogP contribution in [0.4, 0.5) is 15.2 Å². The summed E-state index contributed by atoms with van der Waals surface area (Å²) in [5.41, 5.74) is 0.610. The van der Waals surface area contributed by atoms with E-state index < -0.39 is 28.3 Å². The zero-order valence-corrected chi connectivity index (χ0v) is 18.2. The van der Waals surface area contributed by atoms with Crippen molar-refractivity contribution in [3.63, 3.8) is 0 Å². The van der Waals surface area contributed by atoms with Crippen molar-refractivity contribution in [1.82, 2.24) is 10.2 Å². The molecular weight excluding hydrogens is 451 g/mol. The average molecular weight is 469 g/mol. The number of nitrogens with one attached hydrogen (secondary N) is 1. The first kappa shape index (κ1) is 21.6. The maximum atomic E-state index is 14.5. The molecule has 10 heteroatoms. The maximum Gasteiger partial charge on any atom is 0.264 e. The summed E-state index contributed by atoms with van der Waals surface area (Å²) in [5.74, 6) is -1.44. The van der Waals surface area contributed by atoms with Crippen molar-refractivity contribution >= 4 is 38.1 Å². The average Bonchev–Trinajstić information content (AvgIpc) is 3.27. The molecule has 0 aliphatic rings. The third-order valence-corrected chi connectivity index (χ3v) is 7.09. The molecule has 0 atom stereocenters. The number of amides is 1. The molecule has 0 saturated heterocycles. The van der Waals surface area contributed by atoms with Crippen molar-refractivity contribution in [1.29, 1.82) is 0 Å². The molecule has 0 radical (unpaired) electrons. The molecule has 0 bridgehead atoms. The van der Waals surface area contributed by atoms with Crippen LogP contribution >= 0.6 is 11.3 Å². The molecule has 32 heavy (non-hydrogen) atoms. The number of benzene rings is 3. The summed E-state index contributed by atoms with van der Waals surface area (Å²) in [6.45, 7) is -0.640. The van der Waals surface area contributed by atoms with Crippen LogP contribution in [-0.2, 0) is 14.8 Å². The summed E-state index contributed by atoms with van der Waals surface area (Å²) < 4.78 is 41.7. The molecule has 7 nitrogen and oxygen atoms in total. The van der Waals surface area contributed by atoms with Gasteiger partial charge in [-0.2, -0.15) is 0 Å². The van der Waals surface area contributed by atoms with Crippen molar-refractivity contribution in [2.75, 3.05) is 16.2 Å². The van der Waals surface area contributed by atoms with Gasteiger partial charge in [0.05, 0.1) is 10.6 Å². The normalized spacial score (nSPS) is 11.2. The minimum atomic E-state index is -4.20. The number of aromatic nitrogens is 2. The standard InChI is InChI=1S/C22H17FN4O3S2/c23-18-13-7-8-14-19(18)27(32(29,30)17-11-5-2-6-12-17)15-20(28)24-22-26-25-21(31-22)16-9-3-1-4-10-16/h1-14H,15H2,(H,24,26,28). The molecule has 0 aliphatic heterocycles. The lowest BCUT2D eigenvalue weighted by Gasteiger charge is -2.24. The molecule has 0 unspecified atom stereocenters. The fourth-order valence-corrected chi connectivity index (χ4v) is 5.15. The lowest BCUT2D eigenvalue weighted by atomic mass is 10.2. The number of hydrogen-bond acceptors (Lipinski definition) is 6. The first-order valence-corrected chi connectivity index (χ1v) is 11.7. The molecular formula is C22H17FN4O3S2. The van der Waals surface area contributed by atoms with Gasteiger partial charge < -0.3 is 0 Å². The Labute approximate surface area is 188 Å². The van der Waals surface area contributed by atoms with E-state index in [4.69, 9.17) is 0 Å². The van der Waals surface area contributed by atoms with Crippen molar-refractivity contribution < 1.29 is 17.6 Å². The smallest absolute Gasteiger partial charge is 0.264 e. The van der Waals surface area contributed by atoms with Crippen molar-refractivity contribution in [2.24, 2.45) is 0 Å². The van der Waals surface area contributed by atoms with E-state index in [0.29, 0.717) is 5.01 Å². The second kappa shape index (κ2) is 9.25. The highest BCUT2D eigenvalue weighted by molar-refractivity contribution is 7.92. The van der Waals surface area contributed by atoms with Crippen LogP contribution in [0, 0.1) is 5.82 Å². The fourth-order valence-electron chi connectivity index (χ4n) is 2.93. The van der Waals surface area contributed by atoms with Gasteiger partial charge in [0.1, 0.15) is 17.4 Å². The van der Waals surface area contributed by atoms with Gasteiger partial charge in [-0.15, -0.1) is 10.2 Å². The van der Waals surface area contributed by atoms with E-state index in [1.807, 2.05) is 30.3 Å².